The summed E-state index contributed by atoms with van der Waals surface area (Å²) in [5.74, 6) is 1.90. The van der Waals surface area contributed by atoms with Crippen LogP contribution in [0.15, 0.2) is 12.1 Å². The van der Waals surface area contributed by atoms with E-state index in [9.17, 15) is 10.2 Å². The van der Waals surface area contributed by atoms with Gasteiger partial charge in [-0.1, -0.05) is 6.07 Å². The average Bonchev–Trinajstić information content (AvgIpc) is 2.53. The fourth-order valence-electron chi connectivity index (χ4n) is 2.23. The van der Waals surface area contributed by atoms with Crippen LogP contribution in [0.2, 0.25) is 0 Å². The Hall–Kier alpha value is -1.46. The molecule has 1 aromatic rings. The normalized spacial score (nSPS) is 10.8. The third-order valence-electron chi connectivity index (χ3n) is 3.37. The molecule has 126 valence electrons. The zero-order valence-electron chi connectivity index (χ0n) is 13.8. The van der Waals surface area contributed by atoms with Crippen molar-refractivity contribution in [1.82, 2.24) is 0 Å². The molecule has 0 aromatic heterocycles. The molecule has 0 amide bonds. The predicted molar refractivity (Wildman–Crippen MR) is 85.9 cm³/mol. The summed E-state index contributed by atoms with van der Waals surface area (Å²) in [6, 6.07) is 3.85. The summed E-state index contributed by atoms with van der Waals surface area (Å²) in [5, 5.41) is 18.4. The molecule has 22 heavy (non-hydrogen) atoms. The first kappa shape index (κ1) is 18.6. The number of benzene rings is 1. The van der Waals surface area contributed by atoms with E-state index in [1.165, 1.54) is 0 Å². The van der Waals surface area contributed by atoms with Crippen molar-refractivity contribution in [2.75, 3.05) is 33.0 Å². The smallest absolute Gasteiger partial charge is 0.203 e. The van der Waals surface area contributed by atoms with Gasteiger partial charge in [-0.05, 0) is 45.2 Å². The molecule has 0 aliphatic heterocycles. The molecule has 0 saturated carbocycles. The fourth-order valence-corrected chi connectivity index (χ4v) is 2.23. The van der Waals surface area contributed by atoms with Gasteiger partial charge in [-0.3, -0.25) is 0 Å². The minimum absolute atomic E-state index is 0.0180. The molecular weight excluding hydrogens is 284 g/mol. The van der Waals surface area contributed by atoms with Crippen molar-refractivity contribution in [1.29, 1.82) is 0 Å². The lowest BCUT2D eigenvalue weighted by atomic mass is 9.99. The molecule has 0 heterocycles. The zero-order chi connectivity index (χ0) is 16.4. The van der Waals surface area contributed by atoms with Gasteiger partial charge in [-0.2, -0.15) is 0 Å². The summed E-state index contributed by atoms with van der Waals surface area (Å²) in [6.07, 6.45) is 1.39. The number of ether oxygens (including phenoxy) is 3. The molecule has 1 rings (SSSR count). The number of hydrogen-bond donors (Lipinski definition) is 2. The SMILES string of the molecule is CCOc1ccc(CCC(CO)CO)c(OCC)c1OCC. The Labute approximate surface area is 132 Å². The van der Waals surface area contributed by atoms with Crippen LogP contribution in [0.5, 0.6) is 17.2 Å². The number of hydrogen-bond acceptors (Lipinski definition) is 5. The quantitative estimate of drug-likeness (QED) is 0.657. The van der Waals surface area contributed by atoms with Crippen molar-refractivity contribution in [2.45, 2.75) is 33.6 Å². The molecule has 2 N–H and O–H groups in total. The Bertz CT molecular complexity index is 429. The van der Waals surface area contributed by atoms with Gasteiger partial charge in [0.25, 0.3) is 0 Å². The van der Waals surface area contributed by atoms with Crippen LogP contribution in [0.25, 0.3) is 0 Å². The minimum atomic E-state index is -0.114. The van der Waals surface area contributed by atoms with E-state index in [1.54, 1.807) is 0 Å². The highest BCUT2D eigenvalue weighted by molar-refractivity contribution is 5.56. The van der Waals surface area contributed by atoms with Gasteiger partial charge in [0.15, 0.2) is 11.5 Å². The van der Waals surface area contributed by atoms with Crippen LogP contribution in [0.3, 0.4) is 0 Å². The Morgan fingerprint density at radius 3 is 2.00 bits per heavy atom. The highest BCUT2D eigenvalue weighted by Gasteiger charge is 2.18. The summed E-state index contributed by atoms with van der Waals surface area (Å²) in [6.45, 7) is 7.36. The van der Waals surface area contributed by atoms with Crippen LogP contribution in [-0.4, -0.2) is 43.2 Å². The lowest BCUT2D eigenvalue weighted by Crippen LogP contribution is -2.12. The Morgan fingerprint density at radius 1 is 0.864 bits per heavy atom. The molecule has 0 bridgehead atoms. The van der Waals surface area contributed by atoms with Crippen molar-refractivity contribution in [3.63, 3.8) is 0 Å². The van der Waals surface area contributed by atoms with E-state index in [0.717, 1.165) is 5.56 Å². The average molecular weight is 312 g/mol. The standard InChI is InChI=1S/C17H28O5/c1-4-20-15-10-9-14(8-7-13(11-18)12-19)16(21-5-2)17(15)22-6-3/h9-10,13,18-19H,4-8,11-12H2,1-3H3. The third kappa shape index (κ3) is 5.07. The van der Waals surface area contributed by atoms with Crippen molar-refractivity contribution < 1.29 is 24.4 Å². The maximum atomic E-state index is 9.19. The van der Waals surface area contributed by atoms with Gasteiger partial charge in [0.2, 0.25) is 5.75 Å². The molecule has 1 aromatic carbocycles. The Balaban J connectivity index is 3.06. The molecule has 0 spiro atoms. The fraction of sp³-hybridized carbons (Fsp3) is 0.647. The van der Waals surface area contributed by atoms with Crippen LogP contribution in [0.4, 0.5) is 0 Å². The number of aliphatic hydroxyl groups is 2. The van der Waals surface area contributed by atoms with Crippen molar-refractivity contribution in [2.24, 2.45) is 5.92 Å². The van der Waals surface area contributed by atoms with E-state index in [-0.39, 0.29) is 19.1 Å². The largest absolute Gasteiger partial charge is 0.490 e. The van der Waals surface area contributed by atoms with Gasteiger partial charge in [0, 0.05) is 19.1 Å². The first-order chi connectivity index (χ1) is 10.7. The van der Waals surface area contributed by atoms with Gasteiger partial charge >= 0.3 is 0 Å². The molecule has 0 unspecified atom stereocenters. The van der Waals surface area contributed by atoms with Crippen molar-refractivity contribution in [3.05, 3.63) is 17.7 Å². The molecule has 0 aliphatic carbocycles. The van der Waals surface area contributed by atoms with E-state index < -0.39 is 0 Å². The van der Waals surface area contributed by atoms with Gasteiger partial charge in [0.05, 0.1) is 19.8 Å². The second-order valence-corrected chi connectivity index (χ2v) is 4.95. The van der Waals surface area contributed by atoms with Crippen LogP contribution < -0.4 is 14.2 Å². The van der Waals surface area contributed by atoms with E-state index >= 15 is 0 Å². The number of aliphatic hydroxyl groups excluding tert-OH is 2. The summed E-state index contributed by atoms with van der Waals surface area (Å²) in [5.41, 5.74) is 1.00. The first-order valence-corrected chi connectivity index (χ1v) is 7.97. The van der Waals surface area contributed by atoms with E-state index in [4.69, 9.17) is 14.2 Å². The van der Waals surface area contributed by atoms with Crippen molar-refractivity contribution in [3.8, 4) is 17.2 Å². The minimum Gasteiger partial charge on any atom is -0.490 e. The Morgan fingerprint density at radius 2 is 1.45 bits per heavy atom. The van der Waals surface area contributed by atoms with Gasteiger partial charge in [0.1, 0.15) is 0 Å². The number of rotatable bonds is 11. The second-order valence-electron chi connectivity index (χ2n) is 4.95. The maximum absolute atomic E-state index is 9.19. The first-order valence-electron chi connectivity index (χ1n) is 7.97. The third-order valence-corrected chi connectivity index (χ3v) is 3.37. The lowest BCUT2D eigenvalue weighted by Gasteiger charge is -2.19. The molecule has 0 radical (unpaired) electrons. The summed E-state index contributed by atoms with van der Waals surface area (Å²) in [7, 11) is 0. The van der Waals surface area contributed by atoms with E-state index in [0.29, 0.717) is 49.9 Å². The summed E-state index contributed by atoms with van der Waals surface area (Å²) < 4.78 is 17.1. The molecule has 0 saturated heterocycles. The molecule has 5 heteroatoms. The second kappa shape index (κ2) is 10.3. The van der Waals surface area contributed by atoms with Crippen LogP contribution in [-0.2, 0) is 6.42 Å². The molecular formula is C17H28O5. The van der Waals surface area contributed by atoms with Crippen LogP contribution in [0, 0.1) is 5.92 Å². The van der Waals surface area contributed by atoms with E-state index in [1.807, 2.05) is 32.9 Å². The number of aryl methyl sites for hydroxylation is 1. The van der Waals surface area contributed by atoms with Gasteiger partial charge in [-0.25, -0.2) is 0 Å². The topological polar surface area (TPSA) is 68.2 Å². The molecule has 5 nitrogen and oxygen atoms in total. The maximum Gasteiger partial charge on any atom is 0.203 e. The predicted octanol–water partition coefficient (Wildman–Crippen LogP) is 2.42. The molecule has 0 fully saturated rings. The van der Waals surface area contributed by atoms with Crippen LogP contribution in [0.1, 0.15) is 32.8 Å². The zero-order valence-corrected chi connectivity index (χ0v) is 13.8. The summed E-state index contributed by atoms with van der Waals surface area (Å²) in [4.78, 5) is 0. The Kier molecular flexibility index (Phi) is 8.70. The highest BCUT2D eigenvalue weighted by atomic mass is 16.5. The molecule has 0 atom stereocenters. The van der Waals surface area contributed by atoms with E-state index in [2.05, 4.69) is 0 Å². The lowest BCUT2D eigenvalue weighted by molar-refractivity contribution is 0.144. The summed E-state index contributed by atoms with van der Waals surface area (Å²) >= 11 is 0. The van der Waals surface area contributed by atoms with Gasteiger partial charge < -0.3 is 24.4 Å². The molecule has 0 aliphatic rings. The van der Waals surface area contributed by atoms with Crippen LogP contribution >= 0.6 is 0 Å². The van der Waals surface area contributed by atoms with Crippen molar-refractivity contribution >= 4 is 0 Å². The van der Waals surface area contributed by atoms with Gasteiger partial charge in [-0.15, -0.1) is 0 Å². The highest BCUT2D eigenvalue weighted by Crippen LogP contribution is 2.41. The monoisotopic (exact) mass is 312 g/mol.